The second kappa shape index (κ2) is 5.35. The molecule has 0 aliphatic rings. The Kier molecular flexibility index (Phi) is 3.01. The average molecular weight is 324 g/mol. The van der Waals surface area contributed by atoms with Gasteiger partial charge in [-0.05, 0) is 23.8 Å². The van der Waals surface area contributed by atoms with Crippen molar-refractivity contribution in [3.63, 3.8) is 0 Å². The van der Waals surface area contributed by atoms with Gasteiger partial charge in [-0.25, -0.2) is 4.52 Å². The molecule has 0 aliphatic carbocycles. The maximum absolute atomic E-state index is 5.31. The summed E-state index contributed by atoms with van der Waals surface area (Å²) >= 11 is 0. The number of hydrogen-bond acceptors (Lipinski definition) is 2. The van der Waals surface area contributed by atoms with Crippen molar-refractivity contribution in [3.05, 3.63) is 79.0 Å². The largest absolute Gasteiger partial charge is 0.497 e. The fraction of sp³-hybridized carbons (Fsp3) is 0.0455. The molecule has 5 aromatic rings. The van der Waals surface area contributed by atoms with Gasteiger partial charge in [0.25, 0.3) is 0 Å². The van der Waals surface area contributed by atoms with Gasteiger partial charge in [0.2, 0.25) is 0 Å². The van der Waals surface area contributed by atoms with Crippen molar-refractivity contribution in [2.24, 2.45) is 0 Å². The highest BCUT2D eigenvalue weighted by Crippen LogP contribution is 2.38. The Morgan fingerprint density at radius 1 is 0.800 bits per heavy atom. The summed E-state index contributed by atoms with van der Waals surface area (Å²) in [4.78, 5) is 0. The first-order valence-electron chi connectivity index (χ1n) is 8.28. The Morgan fingerprint density at radius 3 is 2.32 bits per heavy atom. The quantitative estimate of drug-likeness (QED) is 0.439. The van der Waals surface area contributed by atoms with Gasteiger partial charge in [0, 0.05) is 21.7 Å². The summed E-state index contributed by atoms with van der Waals surface area (Å²) in [6.45, 7) is 0. The molecule has 120 valence electrons. The second-order valence-electron chi connectivity index (χ2n) is 6.11. The van der Waals surface area contributed by atoms with Gasteiger partial charge in [0.1, 0.15) is 5.75 Å². The molecule has 3 nitrogen and oxygen atoms in total. The minimum absolute atomic E-state index is 0.861. The number of aromatic nitrogens is 2. The number of fused-ring (bicyclic) bond motifs is 5. The van der Waals surface area contributed by atoms with E-state index >= 15 is 0 Å². The highest BCUT2D eigenvalue weighted by molar-refractivity contribution is 6.13. The van der Waals surface area contributed by atoms with Crippen LogP contribution in [0.1, 0.15) is 0 Å². The standard InChI is InChI=1S/C22H16N2O/c1-25-17-12-10-15(11-13-17)21-19-8-4-5-9-20(19)24-22(21)18-7-3-2-6-16(18)14-23-24/h2-14H,1H3. The number of hydrogen-bond donors (Lipinski definition) is 0. The van der Waals surface area contributed by atoms with Gasteiger partial charge in [-0.15, -0.1) is 0 Å². The van der Waals surface area contributed by atoms with Crippen LogP contribution in [0.5, 0.6) is 5.75 Å². The van der Waals surface area contributed by atoms with Gasteiger partial charge in [-0.1, -0.05) is 54.6 Å². The maximum Gasteiger partial charge on any atom is 0.118 e. The van der Waals surface area contributed by atoms with E-state index in [4.69, 9.17) is 9.84 Å². The summed E-state index contributed by atoms with van der Waals surface area (Å²) in [5.74, 6) is 0.861. The third-order valence-corrected chi connectivity index (χ3v) is 4.76. The lowest BCUT2D eigenvalue weighted by atomic mass is 10.0. The molecular formula is C22H16N2O. The molecule has 0 spiro atoms. The Morgan fingerprint density at radius 2 is 1.52 bits per heavy atom. The van der Waals surface area contributed by atoms with Gasteiger partial charge in [0.05, 0.1) is 24.3 Å². The zero-order chi connectivity index (χ0) is 16.8. The molecule has 0 saturated heterocycles. The van der Waals surface area contributed by atoms with Crippen molar-refractivity contribution in [1.82, 2.24) is 9.61 Å². The molecule has 3 heteroatoms. The average Bonchev–Trinajstić information content (AvgIpc) is 3.03. The zero-order valence-corrected chi connectivity index (χ0v) is 13.8. The van der Waals surface area contributed by atoms with E-state index in [9.17, 15) is 0 Å². The molecule has 2 aromatic heterocycles. The smallest absolute Gasteiger partial charge is 0.118 e. The zero-order valence-electron chi connectivity index (χ0n) is 13.8. The van der Waals surface area contributed by atoms with Crippen LogP contribution in [0.25, 0.3) is 38.3 Å². The van der Waals surface area contributed by atoms with Crippen LogP contribution in [0, 0.1) is 0 Å². The first-order valence-corrected chi connectivity index (χ1v) is 8.28. The van der Waals surface area contributed by atoms with Gasteiger partial charge >= 0.3 is 0 Å². The number of nitrogens with zero attached hydrogens (tertiary/aromatic N) is 2. The van der Waals surface area contributed by atoms with Crippen LogP contribution in [0.3, 0.4) is 0 Å². The molecule has 5 rings (SSSR count). The third kappa shape index (κ3) is 2.02. The van der Waals surface area contributed by atoms with Gasteiger partial charge in [0.15, 0.2) is 0 Å². The topological polar surface area (TPSA) is 26.5 Å². The summed E-state index contributed by atoms with van der Waals surface area (Å²) in [5, 5.41) is 8.27. The Labute approximate surface area is 145 Å². The monoisotopic (exact) mass is 324 g/mol. The summed E-state index contributed by atoms with van der Waals surface area (Å²) < 4.78 is 7.37. The van der Waals surface area contributed by atoms with Gasteiger partial charge < -0.3 is 4.74 Å². The molecule has 0 saturated carbocycles. The number of rotatable bonds is 2. The van der Waals surface area contributed by atoms with Crippen molar-refractivity contribution in [1.29, 1.82) is 0 Å². The third-order valence-electron chi connectivity index (χ3n) is 4.76. The summed E-state index contributed by atoms with van der Waals surface area (Å²) in [7, 11) is 1.69. The predicted molar refractivity (Wildman–Crippen MR) is 102 cm³/mol. The number of para-hydroxylation sites is 1. The van der Waals surface area contributed by atoms with Crippen molar-refractivity contribution in [2.45, 2.75) is 0 Å². The van der Waals surface area contributed by atoms with E-state index < -0.39 is 0 Å². The number of ether oxygens (including phenoxy) is 1. The van der Waals surface area contributed by atoms with Crippen LogP contribution in [-0.4, -0.2) is 16.7 Å². The second-order valence-corrected chi connectivity index (χ2v) is 6.11. The van der Waals surface area contributed by atoms with Crippen LogP contribution < -0.4 is 4.74 Å². The Balaban J connectivity index is 1.98. The molecule has 0 bridgehead atoms. The van der Waals surface area contributed by atoms with Gasteiger partial charge in [-0.2, -0.15) is 5.10 Å². The first-order chi connectivity index (χ1) is 12.4. The van der Waals surface area contributed by atoms with Crippen molar-refractivity contribution < 1.29 is 4.74 Å². The fourth-order valence-corrected chi connectivity index (χ4v) is 3.59. The van der Waals surface area contributed by atoms with E-state index in [0.717, 1.165) is 27.7 Å². The van der Waals surface area contributed by atoms with Crippen LogP contribution in [0.4, 0.5) is 0 Å². The van der Waals surface area contributed by atoms with Crippen molar-refractivity contribution in [2.75, 3.05) is 7.11 Å². The van der Waals surface area contributed by atoms with Gasteiger partial charge in [-0.3, -0.25) is 0 Å². The van der Waals surface area contributed by atoms with Crippen LogP contribution in [0.2, 0.25) is 0 Å². The van der Waals surface area contributed by atoms with E-state index in [2.05, 4.69) is 65.2 Å². The fourth-order valence-electron chi connectivity index (χ4n) is 3.59. The van der Waals surface area contributed by atoms with Crippen LogP contribution in [-0.2, 0) is 0 Å². The van der Waals surface area contributed by atoms with E-state index in [1.165, 1.54) is 16.3 Å². The lowest BCUT2D eigenvalue weighted by Crippen LogP contribution is -1.91. The summed E-state index contributed by atoms with van der Waals surface area (Å²) in [5.41, 5.74) is 4.64. The molecule has 0 N–H and O–H groups in total. The van der Waals surface area contributed by atoms with E-state index in [1.54, 1.807) is 7.11 Å². The molecule has 0 fully saturated rings. The van der Waals surface area contributed by atoms with Crippen LogP contribution in [0.15, 0.2) is 79.0 Å². The predicted octanol–water partition coefficient (Wildman–Crippen LogP) is 5.32. The molecule has 0 radical (unpaired) electrons. The minimum atomic E-state index is 0.861. The maximum atomic E-state index is 5.31. The normalized spacial score (nSPS) is 11.4. The number of benzene rings is 3. The Bertz CT molecular complexity index is 1220. The summed E-state index contributed by atoms with van der Waals surface area (Å²) in [6, 6.07) is 25.1. The SMILES string of the molecule is COc1ccc(-c2c3ccccc3n3ncc4ccccc4c23)cc1. The first kappa shape index (κ1) is 14.1. The van der Waals surface area contributed by atoms with E-state index in [1.807, 2.05) is 18.3 Å². The molecule has 0 unspecified atom stereocenters. The lowest BCUT2D eigenvalue weighted by Gasteiger charge is -2.06. The molecule has 25 heavy (non-hydrogen) atoms. The number of methoxy groups -OCH3 is 1. The van der Waals surface area contributed by atoms with E-state index in [0.29, 0.717) is 0 Å². The molecule has 0 aliphatic heterocycles. The Hall–Kier alpha value is -3.33. The van der Waals surface area contributed by atoms with Crippen LogP contribution >= 0.6 is 0 Å². The molecular weight excluding hydrogens is 308 g/mol. The molecule has 3 aromatic carbocycles. The molecule has 0 atom stereocenters. The highest BCUT2D eigenvalue weighted by Gasteiger charge is 2.16. The summed E-state index contributed by atoms with van der Waals surface area (Å²) in [6.07, 6.45) is 1.94. The van der Waals surface area contributed by atoms with E-state index in [-0.39, 0.29) is 0 Å². The highest BCUT2D eigenvalue weighted by atomic mass is 16.5. The van der Waals surface area contributed by atoms with Crippen molar-refractivity contribution >= 4 is 27.2 Å². The van der Waals surface area contributed by atoms with Crippen molar-refractivity contribution in [3.8, 4) is 16.9 Å². The minimum Gasteiger partial charge on any atom is -0.497 e. The molecule has 0 amide bonds. The molecule has 2 heterocycles. The lowest BCUT2D eigenvalue weighted by molar-refractivity contribution is 0.415.